The molecule has 2 saturated heterocycles. The van der Waals surface area contributed by atoms with Gasteiger partial charge in [0.2, 0.25) is 27.7 Å². The minimum atomic E-state index is -3.93. The summed E-state index contributed by atoms with van der Waals surface area (Å²) in [6, 6.07) is 5.51. The molecule has 4 bridgehead atoms. The Balaban J connectivity index is 1.17. The Labute approximate surface area is 330 Å². The quantitative estimate of drug-likeness (QED) is 0.365. The second-order valence-electron chi connectivity index (χ2n) is 16.9. The number of fused-ring (bicyclic) bond motifs is 7. The third-order valence-corrected chi connectivity index (χ3v) is 14.6. The van der Waals surface area contributed by atoms with Crippen molar-refractivity contribution in [3.05, 3.63) is 42.1 Å². The Kier molecular flexibility index (Phi) is 10.7. The van der Waals surface area contributed by atoms with Gasteiger partial charge >= 0.3 is 12.0 Å². The number of hydrogen-bond acceptors (Lipinski definition) is 10. The average molecular weight is 813 g/mol. The normalized spacial score (nSPS) is 31.3. The van der Waals surface area contributed by atoms with Gasteiger partial charge in [0.05, 0.1) is 35.4 Å². The Morgan fingerprint density at radius 3 is 2.35 bits per heavy atom. The number of benzene rings is 1. The smallest absolute Gasteiger partial charge is 0.407 e. The van der Waals surface area contributed by atoms with Crippen LogP contribution in [0.1, 0.15) is 102 Å². The summed E-state index contributed by atoms with van der Waals surface area (Å²) in [6.07, 6.45) is 9.22. The van der Waals surface area contributed by atoms with E-state index in [-0.39, 0.29) is 54.9 Å². The number of alkyl halides is 2. The number of nitrogens with one attached hydrogen (secondary N) is 3. The van der Waals surface area contributed by atoms with E-state index < -0.39 is 80.2 Å². The molecule has 1 unspecified atom stereocenters. The van der Waals surface area contributed by atoms with Crippen molar-refractivity contribution in [2.24, 2.45) is 17.3 Å². The molecule has 3 N–H and O–H groups in total. The molecule has 3 aliphatic carbocycles. The number of allylic oxidation sites excluding steroid dienone is 2. The molecule has 17 heteroatoms. The van der Waals surface area contributed by atoms with Gasteiger partial charge in [0.1, 0.15) is 17.7 Å². The van der Waals surface area contributed by atoms with Crippen LogP contribution in [0.15, 0.2) is 36.4 Å². The zero-order valence-electron chi connectivity index (χ0n) is 31.9. The maximum absolute atomic E-state index is 16.3. The minimum Gasteiger partial charge on any atom is -0.470 e. The van der Waals surface area contributed by atoms with E-state index in [0.717, 1.165) is 51.0 Å². The Bertz CT molecular complexity index is 2060. The van der Waals surface area contributed by atoms with Crippen molar-refractivity contribution in [1.82, 2.24) is 30.2 Å². The summed E-state index contributed by atoms with van der Waals surface area (Å²) in [4.78, 5) is 66.1. The molecule has 0 radical (unpaired) electrons. The highest BCUT2D eigenvalue weighted by molar-refractivity contribution is 7.91. The van der Waals surface area contributed by atoms with E-state index in [1.165, 1.54) is 11.0 Å². The Morgan fingerprint density at radius 1 is 0.912 bits per heavy atom. The molecule has 4 heterocycles. The fraction of sp³-hybridized carbons (Fsp3) is 0.650. The highest BCUT2D eigenvalue weighted by Gasteiger charge is 2.62. The first-order valence-electron chi connectivity index (χ1n) is 20.4. The van der Waals surface area contributed by atoms with Crippen molar-refractivity contribution in [2.75, 3.05) is 19.7 Å². The van der Waals surface area contributed by atoms with Crippen LogP contribution in [0.5, 0.6) is 5.88 Å². The lowest BCUT2D eigenvalue weighted by Crippen LogP contribution is -2.55. The zero-order chi connectivity index (χ0) is 40.0. The zero-order valence-corrected chi connectivity index (χ0v) is 32.7. The number of cyclic esters (lactones) is 1. The first-order chi connectivity index (χ1) is 27.3. The van der Waals surface area contributed by atoms with Crippen molar-refractivity contribution in [3.8, 4) is 5.88 Å². The molecule has 6 aliphatic rings. The molecule has 3 saturated carbocycles. The summed E-state index contributed by atoms with van der Waals surface area (Å²) in [5, 5.41) is 4.99. The number of nitrogens with zero attached hydrogens (tertiary/aromatic N) is 3. The second kappa shape index (κ2) is 15.4. The van der Waals surface area contributed by atoms with Crippen LogP contribution in [0.25, 0.3) is 11.0 Å². The number of amides is 4. The van der Waals surface area contributed by atoms with Crippen LogP contribution < -0.4 is 20.1 Å². The first kappa shape index (κ1) is 39.4. The maximum atomic E-state index is 16.3. The standard InChI is InChI=1S/C40H50F2N6O8S/c41-40(42)20-9-8-17-38(18-10-19-38)24-55-37(52)45-30-14-5-3-1-2-4-11-25-21-39(25,36(51)47-57(53,54)26-15-16-26)46-33(49)27-22-48(35(30)50)23-31(27)56-34-32(40)43-28-12-6-7-13-29(28)44-34/h6-7,9,12-13,20,25-27,30-31H,1-5,8,10-11,14-19,21-24H2,(H,45,52)(H,46,49)(H,47,51)/b20-9+/t25-,27?,30+,31+,39+/m1/s1. The van der Waals surface area contributed by atoms with Gasteiger partial charge in [-0.25, -0.2) is 23.2 Å². The number of alkyl carbamates (subject to hydrolysis) is 1. The number of ether oxygens (including phenoxy) is 2. The van der Waals surface area contributed by atoms with Crippen LogP contribution in [-0.4, -0.2) is 89.7 Å². The van der Waals surface area contributed by atoms with Crippen molar-refractivity contribution in [3.63, 3.8) is 0 Å². The molecule has 5 fully saturated rings. The predicted molar refractivity (Wildman–Crippen MR) is 202 cm³/mol. The summed E-state index contributed by atoms with van der Waals surface area (Å²) < 4.78 is 72.5. The van der Waals surface area contributed by atoms with Crippen molar-refractivity contribution in [1.29, 1.82) is 0 Å². The third-order valence-electron chi connectivity index (χ3n) is 12.8. The van der Waals surface area contributed by atoms with Gasteiger partial charge in [-0.15, -0.1) is 0 Å². The Morgan fingerprint density at radius 2 is 1.63 bits per heavy atom. The maximum Gasteiger partial charge on any atom is 0.407 e. The fourth-order valence-corrected chi connectivity index (χ4v) is 10.3. The van der Waals surface area contributed by atoms with E-state index in [4.69, 9.17) is 9.47 Å². The van der Waals surface area contributed by atoms with Gasteiger partial charge < -0.3 is 25.0 Å². The van der Waals surface area contributed by atoms with Crippen LogP contribution in [0.4, 0.5) is 13.6 Å². The molecule has 5 atom stereocenters. The van der Waals surface area contributed by atoms with Gasteiger partial charge in [-0.2, -0.15) is 8.78 Å². The number of carbonyl (C=O) groups is 4. The number of carbonyl (C=O) groups excluding carboxylic acids is 4. The van der Waals surface area contributed by atoms with E-state index in [2.05, 4.69) is 25.3 Å². The van der Waals surface area contributed by atoms with Crippen molar-refractivity contribution >= 4 is 44.9 Å². The molecule has 1 aromatic carbocycles. The lowest BCUT2D eigenvalue weighted by atomic mass is 9.66. The van der Waals surface area contributed by atoms with Gasteiger partial charge in [0.25, 0.3) is 5.91 Å². The highest BCUT2D eigenvalue weighted by Crippen LogP contribution is 2.49. The van der Waals surface area contributed by atoms with Gasteiger partial charge in [-0.3, -0.25) is 19.1 Å². The lowest BCUT2D eigenvalue weighted by molar-refractivity contribution is -0.134. The minimum absolute atomic E-state index is 0.0877. The molecule has 3 aliphatic heterocycles. The summed E-state index contributed by atoms with van der Waals surface area (Å²) in [5.74, 6) is -7.69. The molecule has 14 nitrogen and oxygen atoms in total. The van der Waals surface area contributed by atoms with Crippen LogP contribution >= 0.6 is 0 Å². The fourth-order valence-electron chi connectivity index (χ4n) is 8.91. The van der Waals surface area contributed by atoms with E-state index in [1.54, 1.807) is 24.3 Å². The average Bonchev–Trinajstić information content (AvgIpc) is 4.09. The monoisotopic (exact) mass is 812 g/mol. The van der Waals surface area contributed by atoms with Crippen LogP contribution in [0, 0.1) is 17.3 Å². The lowest BCUT2D eigenvalue weighted by Gasteiger charge is -2.41. The van der Waals surface area contributed by atoms with Crippen LogP contribution in [-0.2, 0) is 35.1 Å². The third kappa shape index (κ3) is 8.31. The number of rotatable bonds is 3. The van der Waals surface area contributed by atoms with Crippen LogP contribution in [0.2, 0.25) is 0 Å². The molecule has 308 valence electrons. The Hall–Kier alpha value is -4.41. The molecule has 1 aromatic heterocycles. The van der Waals surface area contributed by atoms with Gasteiger partial charge in [0.15, 0.2) is 5.69 Å². The molecule has 2 aromatic rings. The predicted octanol–water partition coefficient (Wildman–Crippen LogP) is 4.77. The number of sulfonamides is 1. The van der Waals surface area contributed by atoms with E-state index in [9.17, 15) is 27.6 Å². The number of halogens is 2. The van der Waals surface area contributed by atoms with Crippen molar-refractivity contribution < 1.29 is 45.9 Å². The van der Waals surface area contributed by atoms with Crippen molar-refractivity contribution in [2.45, 2.75) is 125 Å². The highest BCUT2D eigenvalue weighted by atomic mass is 32.2. The summed E-state index contributed by atoms with van der Waals surface area (Å²) in [5.41, 5.74) is -2.14. The van der Waals surface area contributed by atoms with E-state index in [1.807, 2.05) is 0 Å². The first-order valence-corrected chi connectivity index (χ1v) is 21.9. The molecular weight excluding hydrogens is 763 g/mol. The molecule has 4 amide bonds. The topological polar surface area (TPSA) is 186 Å². The summed E-state index contributed by atoms with van der Waals surface area (Å²) >= 11 is 0. The van der Waals surface area contributed by atoms with Gasteiger partial charge in [0, 0.05) is 12.0 Å². The van der Waals surface area contributed by atoms with E-state index in [0.29, 0.717) is 38.5 Å². The largest absolute Gasteiger partial charge is 0.470 e. The van der Waals surface area contributed by atoms with Crippen LogP contribution in [0.3, 0.4) is 0 Å². The van der Waals surface area contributed by atoms with E-state index >= 15 is 8.78 Å². The number of hydrogen-bond donors (Lipinski definition) is 3. The SMILES string of the molecule is O=C1N[C@H]2CCCCCCC[C@@H]3C[C@]3(C(=O)NS(=O)(=O)C3CC3)NC(=O)C3CN(C[C@@H]3Oc3nc4ccccc4nc3C(F)(F)/C=C/CCC3(CCC3)CO1)C2=O. The molecule has 57 heavy (non-hydrogen) atoms. The summed E-state index contributed by atoms with van der Waals surface area (Å²) in [6.45, 7) is -0.382. The second-order valence-corrected chi connectivity index (χ2v) is 18.9. The van der Waals surface area contributed by atoms with Gasteiger partial charge in [-0.05, 0) is 81.9 Å². The molecular formula is C40H50F2N6O8S. The number of para-hydroxylation sites is 2. The van der Waals surface area contributed by atoms with Gasteiger partial charge in [-0.1, -0.05) is 56.7 Å². The summed E-state index contributed by atoms with van der Waals surface area (Å²) in [7, 11) is -3.93. The molecule has 1 spiro atoms. The molecule has 8 rings (SSSR count). The number of aromatic nitrogens is 2.